The van der Waals surface area contributed by atoms with Crippen molar-refractivity contribution in [2.24, 2.45) is 0 Å². The van der Waals surface area contributed by atoms with Gasteiger partial charge in [0.1, 0.15) is 11.1 Å². The molecule has 0 spiro atoms. The molecular formula is C17H14N6O3S. The Morgan fingerprint density at radius 1 is 1.33 bits per heavy atom. The van der Waals surface area contributed by atoms with E-state index in [1.54, 1.807) is 17.7 Å². The van der Waals surface area contributed by atoms with Crippen molar-refractivity contribution < 1.29 is 9.32 Å². The predicted octanol–water partition coefficient (Wildman–Crippen LogP) is 2.14. The third kappa shape index (κ3) is 3.60. The Hall–Kier alpha value is -3.40. The number of hydrogen-bond acceptors (Lipinski definition) is 7. The van der Waals surface area contributed by atoms with Gasteiger partial charge in [-0.05, 0) is 19.1 Å². The average Bonchev–Trinajstić information content (AvgIpc) is 3.27. The van der Waals surface area contributed by atoms with Crippen LogP contribution in [0.3, 0.4) is 0 Å². The molecule has 0 aliphatic carbocycles. The molecule has 0 unspecified atom stereocenters. The van der Waals surface area contributed by atoms with Crippen LogP contribution in [-0.2, 0) is 4.79 Å². The van der Waals surface area contributed by atoms with Crippen LogP contribution in [0.1, 0.15) is 5.76 Å². The highest BCUT2D eigenvalue weighted by molar-refractivity contribution is 7.99. The van der Waals surface area contributed by atoms with E-state index in [1.807, 2.05) is 30.3 Å². The van der Waals surface area contributed by atoms with Crippen molar-refractivity contribution >= 4 is 34.5 Å². The summed E-state index contributed by atoms with van der Waals surface area (Å²) in [4.78, 5) is 31.4. The van der Waals surface area contributed by atoms with Crippen molar-refractivity contribution in [3.63, 3.8) is 0 Å². The van der Waals surface area contributed by atoms with Crippen LogP contribution in [0.5, 0.6) is 0 Å². The first-order chi connectivity index (χ1) is 13.1. The van der Waals surface area contributed by atoms with Crippen molar-refractivity contribution in [2.45, 2.75) is 12.1 Å². The number of nitrogens with one attached hydrogen (secondary N) is 2. The largest absolute Gasteiger partial charge is 0.360 e. The Bertz CT molecular complexity index is 1160. The van der Waals surface area contributed by atoms with E-state index < -0.39 is 0 Å². The highest BCUT2D eigenvalue weighted by Crippen LogP contribution is 2.18. The second-order valence-electron chi connectivity index (χ2n) is 5.66. The molecule has 9 nitrogen and oxygen atoms in total. The van der Waals surface area contributed by atoms with Gasteiger partial charge in [0.05, 0.1) is 17.6 Å². The summed E-state index contributed by atoms with van der Waals surface area (Å²) < 4.78 is 6.49. The van der Waals surface area contributed by atoms with Crippen LogP contribution < -0.4 is 10.9 Å². The van der Waals surface area contributed by atoms with Gasteiger partial charge in [0.25, 0.3) is 5.56 Å². The van der Waals surface area contributed by atoms with Gasteiger partial charge in [0, 0.05) is 6.07 Å². The quantitative estimate of drug-likeness (QED) is 0.401. The fourth-order valence-electron chi connectivity index (χ4n) is 2.46. The number of anilines is 1. The first kappa shape index (κ1) is 17.0. The van der Waals surface area contributed by atoms with Gasteiger partial charge in [0.15, 0.2) is 16.6 Å². The van der Waals surface area contributed by atoms with Gasteiger partial charge < -0.3 is 14.8 Å². The molecule has 0 radical (unpaired) electrons. The molecule has 0 aliphatic rings. The number of nitrogens with zero attached hydrogens (tertiary/aromatic N) is 4. The first-order valence-corrected chi connectivity index (χ1v) is 8.98. The van der Waals surface area contributed by atoms with Crippen molar-refractivity contribution in [3.05, 3.63) is 58.7 Å². The lowest BCUT2D eigenvalue weighted by Crippen LogP contribution is -2.15. The molecule has 1 aromatic carbocycles. The molecule has 0 bridgehead atoms. The van der Waals surface area contributed by atoms with Crippen LogP contribution in [0.4, 0.5) is 5.82 Å². The van der Waals surface area contributed by atoms with Crippen molar-refractivity contribution in [3.8, 4) is 5.69 Å². The molecule has 0 saturated heterocycles. The molecule has 1 amide bonds. The van der Waals surface area contributed by atoms with E-state index >= 15 is 0 Å². The SMILES string of the molecule is Cc1cc(NC(=O)CSc2nc3c(cnn3-c3ccccc3)c(=O)[nH]2)no1. The lowest BCUT2D eigenvalue weighted by molar-refractivity contribution is -0.113. The molecule has 3 heterocycles. The number of H-pyrrole nitrogens is 1. The molecule has 10 heteroatoms. The summed E-state index contributed by atoms with van der Waals surface area (Å²) in [6.45, 7) is 1.73. The van der Waals surface area contributed by atoms with E-state index in [2.05, 4.69) is 25.5 Å². The van der Waals surface area contributed by atoms with E-state index in [0.717, 1.165) is 17.4 Å². The Morgan fingerprint density at radius 2 is 2.15 bits per heavy atom. The minimum Gasteiger partial charge on any atom is -0.360 e. The van der Waals surface area contributed by atoms with Crippen molar-refractivity contribution in [1.82, 2.24) is 24.9 Å². The molecule has 0 aliphatic heterocycles. The molecule has 2 N–H and O–H groups in total. The lowest BCUT2D eigenvalue weighted by Gasteiger charge is -2.04. The molecule has 136 valence electrons. The molecule has 4 rings (SSSR count). The second kappa shape index (κ2) is 7.08. The summed E-state index contributed by atoms with van der Waals surface area (Å²) in [6, 6.07) is 11.0. The normalized spacial score (nSPS) is 11.0. The summed E-state index contributed by atoms with van der Waals surface area (Å²) in [5, 5.41) is 11.3. The molecule has 27 heavy (non-hydrogen) atoms. The van der Waals surface area contributed by atoms with Crippen molar-refractivity contribution in [1.29, 1.82) is 0 Å². The fourth-order valence-corrected chi connectivity index (χ4v) is 3.12. The van der Waals surface area contributed by atoms with Gasteiger partial charge in [-0.15, -0.1) is 0 Å². The van der Waals surface area contributed by atoms with Gasteiger partial charge in [-0.1, -0.05) is 35.1 Å². The number of aromatic amines is 1. The number of amides is 1. The van der Waals surface area contributed by atoms with Crippen LogP contribution in [0, 0.1) is 6.92 Å². The zero-order chi connectivity index (χ0) is 18.8. The van der Waals surface area contributed by atoms with Gasteiger partial charge in [-0.2, -0.15) is 5.10 Å². The monoisotopic (exact) mass is 382 g/mol. The maximum atomic E-state index is 12.3. The lowest BCUT2D eigenvalue weighted by atomic mass is 10.3. The minimum atomic E-state index is -0.308. The van der Waals surface area contributed by atoms with Gasteiger partial charge in [0.2, 0.25) is 5.91 Å². The Kier molecular flexibility index (Phi) is 4.47. The number of benzene rings is 1. The molecule has 3 aromatic heterocycles. The molecule has 4 aromatic rings. The minimum absolute atomic E-state index is 0.0554. The third-order valence-corrected chi connectivity index (χ3v) is 4.53. The summed E-state index contributed by atoms with van der Waals surface area (Å²) in [7, 11) is 0. The van der Waals surface area contributed by atoms with E-state index in [9.17, 15) is 9.59 Å². The van der Waals surface area contributed by atoms with Crippen LogP contribution in [-0.4, -0.2) is 36.6 Å². The number of carbonyl (C=O) groups excluding carboxylic acids is 1. The van der Waals surface area contributed by atoms with E-state index in [-0.39, 0.29) is 17.2 Å². The zero-order valence-electron chi connectivity index (χ0n) is 14.2. The number of hydrogen-bond donors (Lipinski definition) is 2. The summed E-state index contributed by atoms with van der Waals surface area (Å²) in [5.41, 5.74) is 0.915. The smallest absolute Gasteiger partial charge is 0.262 e. The van der Waals surface area contributed by atoms with Crippen LogP contribution in [0.2, 0.25) is 0 Å². The number of rotatable bonds is 5. The van der Waals surface area contributed by atoms with Gasteiger partial charge >= 0.3 is 0 Å². The topological polar surface area (TPSA) is 119 Å². The Balaban J connectivity index is 1.55. The van der Waals surface area contributed by atoms with Crippen LogP contribution in [0.25, 0.3) is 16.7 Å². The maximum absolute atomic E-state index is 12.3. The number of fused-ring (bicyclic) bond motifs is 1. The first-order valence-electron chi connectivity index (χ1n) is 7.99. The van der Waals surface area contributed by atoms with Crippen LogP contribution in [0.15, 0.2) is 57.1 Å². The highest BCUT2D eigenvalue weighted by atomic mass is 32.2. The summed E-state index contributed by atoms with van der Waals surface area (Å²) in [5.74, 6) is 0.716. The average molecular weight is 382 g/mol. The molecular weight excluding hydrogens is 368 g/mol. The molecule has 0 saturated carbocycles. The van der Waals surface area contributed by atoms with E-state index in [4.69, 9.17) is 4.52 Å². The number of aryl methyl sites for hydroxylation is 1. The van der Waals surface area contributed by atoms with E-state index in [0.29, 0.717) is 27.8 Å². The van der Waals surface area contributed by atoms with E-state index in [1.165, 1.54) is 6.20 Å². The second-order valence-corrected chi connectivity index (χ2v) is 6.62. The molecule has 0 atom stereocenters. The number of carbonyl (C=O) groups is 1. The summed E-state index contributed by atoms with van der Waals surface area (Å²) >= 11 is 1.11. The third-order valence-electron chi connectivity index (χ3n) is 3.65. The predicted molar refractivity (Wildman–Crippen MR) is 100 cm³/mol. The Morgan fingerprint density at radius 3 is 2.89 bits per heavy atom. The standard InChI is InChI=1S/C17H14N6O3S/c1-10-7-13(22-26-10)19-14(24)9-27-17-20-15-12(16(25)21-17)8-18-23(15)11-5-3-2-4-6-11/h2-8H,9H2,1H3,(H,19,22,24)(H,20,21,25). The maximum Gasteiger partial charge on any atom is 0.262 e. The van der Waals surface area contributed by atoms with Gasteiger partial charge in [-0.3, -0.25) is 9.59 Å². The van der Waals surface area contributed by atoms with Gasteiger partial charge in [-0.25, -0.2) is 9.67 Å². The zero-order valence-corrected chi connectivity index (χ0v) is 15.0. The summed E-state index contributed by atoms with van der Waals surface area (Å²) in [6.07, 6.45) is 1.47. The van der Waals surface area contributed by atoms with Crippen molar-refractivity contribution in [2.75, 3.05) is 11.1 Å². The fraction of sp³-hybridized carbons (Fsp3) is 0.118. The number of para-hydroxylation sites is 1. The number of thioether (sulfide) groups is 1. The van der Waals surface area contributed by atoms with Crippen LogP contribution >= 0.6 is 11.8 Å². The molecule has 0 fully saturated rings. The Labute approximate surface area is 156 Å². The number of aromatic nitrogens is 5. The highest BCUT2D eigenvalue weighted by Gasteiger charge is 2.13.